The van der Waals surface area contributed by atoms with Crippen molar-refractivity contribution in [3.63, 3.8) is 0 Å². The zero-order valence-electron chi connectivity index (χ0n) is 19.6. The lowest BCUT2D eigenvalue weighted by Gasteiger charge is -2.22. The molecule has 1 N–H and O–H groups in total. The van der Waals surface area contributed by atoms with Crippen LogP contribution in [0.5, 0.6) is 5.75 Å². The van der Waals surface area contributed by atoms with Gasteiger partial charge >= 0.3 is 0 Å². The summed E-state index contributed by atoms with van der Waals surface area (Å²) in [6.45, 7) is 7.55. The van der Waals surface area contributed by atoms with Crippen LogP contribution in [0.15, 0.2) is 48.6 Å². The molecule has 0 fully saturated rings. The van der Waals surface area contributed by atoms with Gasteiger partial charge in [0.2, 0.25) is 0 Å². The second-order valence-electron chi connectivity index (χ2n) is 8.46. The van der Waals surface area contributed by atoms with Gasteiger partial charge in [-0.2, -0.15) is 0 Å². The number of rotatable bonds is 14. The summed E-state index contributed by atoms with van der Waals surface area (Å²) in [5, 5.41) is 4.16. The molecule has 0 atom stereocenters. The van der Waals surface area contributed by atoms with Gasteiger partial charge in [-0.3, -0.25) is 0 Å². The van der Waals surface area contributed by atoms with Gasteiger partial charge in [0.25, 0.3) is 0 Å². The van der Waals surface area contributed by atoms with Gasteiger partial charge in [-0.25, -0.2) is 0 Å². The van der Waals surface area contributed by atoms with Gasteiger partial charge in [0.15, 0.2) is 5.11 Å². The highest BCUT2D eigenvalue weighted by Gasteiger charge is 2.08. The monoisotopic (exact) mass is 443 g/mol. The summed E-state index contributed by atoms with van der Waals surface area (Å²) in [7, 11) is 4.15. The van der Waals surface area contributed by atoms with Crippen molar-refractivity contribution >= 4 is 23.0 Å². The molecule has 0 saturated heterocycles. The molecule has 4 nitrogen and oxygen atoms in total. The summed E-state index contributed by atoms with van der Waals surface area (Å²) >= 11 is 5.57. The number of nitrogens with zero attached hydrogens (tertiary/aromatic N) is 2. The molecule has 1 aliphatic rings. The fourth-order valence-electron chi connectivity index (χ4n) is 3.80. The average Bonchev–Trinajstić information content (AvgIpc) is 2.79. The standard InChI is InChI=1S/C26H41N3OS/c1-4-20-28(2)21-10-5-6-11-22-30-25-16-14-24(15-17-25)29(3)26(31)27-19-18-23-12-8-7-9-13-23/h4,12,14-17H,1,5-11,13,18-22H2,2-3H3,(H,27,31). The first-order chi connectivity index (χ1) is 15.1. The van der Waals surface area contributed by atoms with Crippen LogP contribution in [0.25, 0.3) is 0 Å². The van der Waals surface area contributed by atoms with Gasteiger partial charge in [-0.05, 0) is 95.0 Å². The first kappa shape index (κ1) is 25.4. The molecule has 0 unspecified atom stereocenters. The Balaban J connectivity index is 1.60. The molecule has 0 saturated carbocycles. The Bertz CT molecular complexity index is 686. The third-order valence-electron chi connectivity index (χ3n) is 5.78. The highest BCUT2D eigenvalue weighted by molar-refractivity contribution is 7.80. The molecule has 0 heterocycles. The Morgan fingerprint density at radius 2 is 1.90 bits per heavy atom. The number of anilines is 1. The van der Waals surface area contributed by atoms with E-state index >= 15 is 0 Å². The number of likely N-dealkylation sites (N-methyl/N-ethyl adjacent to an activating group) is 1. The van der Waals surface area contributed by atoms with Crippen molar-refractivity contribution < 1.29 is 4.74 Å². The van der Waals surface area contributed by atoms with Gasteiger partial charge in [0.1, 0.15) is 5.75 Å². The Morgan fingerprint density at radius 1 is 1.13 bits per heavy atom. The van der Waals surface area contributed by atoms with E-state index in [1.165, 1.54) is 44.9 Å². The SMILES string of the molecule is C=CCN(C)CCCCCCOc1ccc(N(C)C(=S)NCCC2=CCCCC2)cc1. The van der Waals surface area contributed by atoms with Crippen LogP contribution in [-0.4, -0.2) is 50.3 Å². The summed E-state index contributed by atoms with van der Waals surface area (Å²) in [5.74, 6) is 0.922. The van der Waals surface area contributed by atoms with Crippen LogP contribution < -0.4 is 15.0 Å². The minimum atomic E-state index is 0.767. The van der Waals surface area contributed by atoms with Crippen molar-refractivity contribution in [2.45, 2.75) is 57.8 Å². The highest BCUT2D eigenvalue weighted by Crippen LogP contribution is 2.21. The topological polar surface area (TPSA) is 27.7 Å². The van der Waals surface area contributed by atoms with Crippen LogP contribution in [-0.2, 0) is 0 Å². The molecule has 1 aliphatic carbocycles. The van der Waals surface area contributed by atoms with Crippen molar-refractivity contribution in [1.82, 2.24) is 10.2 Å². The second kappa shape index (κ2) is 15.0. The smallest absolute Gasteiger partial charge is 0.173 e. The van der Waals surface area contributed by atoms with Gasteiger partial charge in [0.05, 0.1) is 6.61 Å². The van der Waals surface area contributed by atoms with Crippen LogP contribution in [0, 0.1) is 0 Å². The Labute approximate surface area is 195 Å². The van der Waals surface area contributed by atoms with Crippen molar-refractivity contribution in [3.8, 4) is 5.75 Å². The minimum absolute atomic E-state index is 0.767. The molecule has 31 heavy (non-hydrogen) atoms. The lowest BCUT2D eigenvalue weighted by Crippen LogP contribution is -2.37. The molecule has 172 valence electrons. The molecular weight excluding hydrogens is 402 g/mol. The molecule has 0 spiro atoms. The van der Waals surface area contributed by atoms with Crippen molar-refractivity contribution in [2.75, 3.05) is 45.2 Å². The predicted molar refractivity (Wildman–Crippen MR) is 138 cm³/mol. The zero-order chi connectivity index (χ0) is 22.3. The van der Waals surface area contributed by atoms with Crippen molar-refractivity contribution in [3.05, 3.63) is 48.6 Å². The normalized spacial score (nSPS) is 13.6. The predicted octanol–water partition coefficient (Wildman–Crippen LogP) is 5.94. The fourth-order valence-corrected chi connectivity index (χ4v) is 4.01. The maximum absolute atomic E-state index is 5.90. The van der Waals surface area contributed by atoms with Crippen LogP contribution >= 0.6 is 12.2 Å². The summed E-state index contributed by atoms with van der Waals surface area (Å²) in [6, 6.07) is 8.21. The molecule has 2 rings (SSSR count). The number of thiocarbonyl (C=S) groups is 1. The largest absolute Gasteiger partial charge is 0.494 e. The maximum atomic E-state index is 5.90. The quantitative estimate of drug-likeness (QED) is 0.218. The van der Waals surface area contributed by atoms with Crippen molar-refractivity contribution in [2.24, 2.45) is 0 Å². The summed E-state index contributed by atoms with van der Waals surface area (Å²) < 4.78 is 5.90. The molecule has 1 aromatic carbocycles. The number of ether oxygens (including phenoxy) is 1. The molecule has 0 radical (unpaired) electrons. The van der Waals surface area contributed by atoms with Crippen LogP contribution in [0.4, 0.5) is 5.69 Å². The van der Waals surface area contributed by atoms with E-state index in [1.807, 2.05) is 30.2 Å². The molecule has 0 aliphatic heterocycles. The van der Waals surface area contributed by atoms with E-state index in [9.17, 15) is 0 Å². The van der Waals surface area contributed by atoms with Gasteiger partial charge in [-0.1, -0.05) is 30.6 Å². The summed E-state index contributed by atoms with van der Waals surface area (Å²) in [5.41, 5.74) is 2.65. The molecule has 5 heteroatoms. The van der Waals surface area contributed by atoms with E-state index in [4.69, 9.17) is 17.0 Å². The molecular formula is C26H41N3OS. The number of hydrogen-bond donors (Lipinski definition) is 1. The second-order valence-corrected chi connectivity index (χ2v) is 8.84. The molecule has 0 aromatic heterocycles. The number of unbranched alkanes of at least 4 members (excludes halogenated alkanes) is 3. The van der Waals surface area contributed by atoms with Crippen LogP contribution in [0.2, 0.25) is 0 Å². The zero-order valence-corrected chi connectivity index (χ0v) is 20.4. The Morgan fingerprint density at radius 3 is 2.61 bits per heavy atom. The Hall–Kier alpha value is -1.85. The van der Waals surface area contributed by atoms with E-state index in [2.05, 4.69) is 42.1 Å². The Kier molecular flexibility index (Phi) is 12.3. The van der Waals surface area contributed by atoms with Crippen LogP contribution in [0.1, 0.15) is 57.8 Å². The number of hydrogen-bond acceptors (Lipinski definition) is 3. The van der Waals surface area contributed by atoms with Gasteiger partial charge in [0, 0.05) is 25.8 Å². The average molecular weight is 444 g/mol. The lowest BCUT2D eigenvalue weighted by molar-refractivity contribution is 0.300. The molecule has 0 amide bonds. The van der Waals surface area contributed by atoms with E-state index in [0.717, 1.165) is 55.6 Å². The minimum Gasteiger partial charge on any atom is -0.494 e. The lowest BCUT2D eigenvalue weighted by atomic mass is 9.97. The number of allylic oxidation sites excluding steroid dienone is 1. The van der Waals surface area contributed by atoms with Crippen LogP contribution in [0.3, 0.4) is 0 Å². The van der Waals surface area contributed by atoms with E-state index in [-0.39, 0.29) is 0 Å². The van der Waals surface area contributed by atoms with Gasteiger partial charge in [-0.15, -0.1) is 6.58 Å². The first-order valence-electron chi connectivity index (χ1n) is 11.8. The van der Waals surface area contributed by atoms with E-state index < -0.39 is 0 Å². The molecule has 0 bridgehead atoms. The number of benzene rings is 1. The first-order valence-corrected chi connectivity index (χ1v) is 12.2. The van der Waals surface area contributed by atoms with E-state index in [0.29, 0.717) is 0 Å². The molecule has 1 aromatic rings. The number of nitrogens with one attached hydrogen (secondary N) is 1. The summed E-state index contributed by atoms with van der Waals surface area (Å²) in [4.78, 5) is 4.33. The fraction of sp³-hybridized carbons (Fsp3) is 0.577. The van der Waals surface area contributed by atoms with Gasteiger partial charge < -0.3 is 19.9 Å². The summed E-state index contributed by atoms with van der Waals surface area (Å²) in [6.07, 6.45) is 15.4. The maximum Gasteiger partial charge on any atom is 0.173 e. The van der Waals surface area contributed by atoms with E-state index in [1.54, 1.807) is 5.57 Å². The van der Waals surface area contributed by atoms with Crippen molar-refractivity contribution in [1.29, 1.82) is 0 Å². The third kappa shape index (κ3) is 10.3. The highest BCUT2D eigenvalue weighted by atomic mass is 32.1. The third-order valence-corrected chi connectivity index (χ3v) is 6.20.